The van der Waals surface area contributed by atoms with Crippen LogP contribution in [0.4, 0.5) is 0 Å². The Labute approximate surface area is 548 Å². The smallest absolute Gasteiger partial charge is 0.160 e. The van der Waals surface area contributed by atoms with Gasteiger partial charge >= 0.3 is 0 Å². The number of hydrogen-bond acceptors (Lipinski definition) is 4. The fourth-order valence-electron chi connectivity index (χ4n) is 17.1. The third-order valence-electron chi connectivity index (χ3n) is 21.6. The standard InChI is InChI=1S/C90H56N2O4/c1-48(2)54-40-55(51-16-6-4-7-17-51)42-56(41-54)58-46-75-66-32-36-70-62-22-12-15-25-79(62)95-89(70)85(66)92-82(75)76(47-58)67-33-37-71-63-28-26-50(39-80(63)96-90(71)86(67)92)38-49(3)59-29-27-53(43-72(59)52-18-8-5-9-19-52)57-44-73-64-30-34-68-60-20-10-13-23-77(60)93-87(68)83(64)91-81(73)74(45-57)65-31-35-69-61-21-11-14-24-78(61)94-88(69)84(65)91/h4-37,39-49H,38H2,1-3H3. The van der Waals surface area contributed by atoms with Crippen molar-refractivity contribution in [3.8, 4) is 44.5 Å². The molecule has 0 saturated carbocycles. The van der Waals surface area contributed by atoms with Crippen molar-refractivity contribution in [2.75, 3.05) is 0 Å². The minimum Gasteiger partial charge on any atom is -0.454 e. The SMILES string of the molecule is CC(C)c1cc(-c2ccccc2)cc(-c2cc3c4ccc5c6ccccc6oc5c4n4c3c(c2)c2ccc3c5ccc(CC(C)c6ccc(-c7cc8c9ccc%10c%11ccccc%11oc%10c9n9c8c(c7)c7ccc8c%10ccccc%10oc8c79)cc6-c6ccccc6)cc5oc3c24)c1. The van der Waals surface area contributed by atoms with Gasteiger partial charge in [0.05, 0.1) is 33.1 Å². The number of hydrogen-bond donors (Lipinski definition) is 0. The van der Waals surface area contributed by atoms with Gasteiger partial charge in [-0.1, -0.05) is 197 Å². The van der Waals surface area contributed by atoms with Crippen LogP contribution in [0.3, 0.4) is 0 Å². The molecule has 6 heteroatoms. The Kier molecular flexibility index (Phi) is 10.4. The van der Waals surface area contributed by atoms with Gasteiger partial charge in [-0.3, -0.25) is 0 Å². The second-order valence-electron chi connectivity index (χ2n) is 27.2. The van der Waals surface area contributed by atoms with Crippen LogP contribution < -0.4 is 0 Å². The summed E-state index contributed by atoms with van der Waals surface area (Å²) in [7, 11) is 0. The van der Waals surface area contributed by atoms with E-state index < -0.39 is 0 Å². The number of nitrogens with zero attached hydrogens (tertiary/aromatic N) is 2. The lowest BCUT2D eigenvalue weighted by Crippen LogP contribution is -2.01. The van der Waals surface area contributed by atoms with E-state index in [-0.39, 0.29) is 5.92 Å². The summed E-state index contributed by atoms with van der Waals surface area (Å²) in [6, 6.07) is 96.0. The molecule has 6 nitrogen and oxygen atoms in total. The van der Waals surface area contributed by atoms with Crippen molar-refractivity contribution in [1.29, 1.82) is 0 Å². The van der Waals surface area contributed by atoms with Gasteiger partial charge in [0.25, 0.3) is 0 Å². The minimum absolute atomic E-state index is 0.155. The molecule has 0 aliphatic carbocycles. The van der Waals surface area contributed by atoms with E-state index in [4.69, 9.17) is 17.7 Å². The molecule has 22 aromatic rings. The van der Waals surface area contributed by atoms with Crippen molar-refractivity contribution >= 4 is 164 Å². The Bertz CT molecular complexity index is 6930. The Morgan fingerprint density at radius 1 is 0.260 bits per heavy atom. The van der Waals surface area contributed by atoms with Gasteiger partial charge in [0, 0.05) is 86.2 Å². The Morgan fingerprint density at radius 2 is 0.635 bits per heavy atom. The topological polar surface area (TPSA) is 61.4 Å². The van der Waals surface area contributed by atoms with Gasteiger partial charge in [0.15, 0.2) is 22.3 Å². The quantitative estimate of drug-likeness (QED) is 0.152. The molecule has 0 fully saturated rings. The summed E-state index contributed by atoms with van der Waals surface area (Å²) in [4.78, 5) is 0. The van der Waals surface area contributed by atoms with E-state index in [2.05, 4.69) is 290 Å². The fourth-order valence-corrected chi connectivity index (χ4v) is 17.1. The molecule has 8 heterocycles. The highest BCUT2D eigenvalue weighted by Gasteiger charge is 2.29. The van der Waals surface area contributed by atoms with Crippen molar-refractivity contribution in [3.05, 3.63) is 278 Å². The highest BCUT2D eigenvalue weighted by molar-refractivity contribution is 6.34. The first-order valence-corrected chi connectivity index (χ1v) is 33.5. The summed E-state index contributed by atoms with van der Waals surface area (Å²) in [6.45, 7) is 6.95. The number of furan rings is 4. The fraction of sp³-hybridized carbons (Fsp3) is 0.0667. The van der Waals surface area contributed by atoms with Crippen molar-refractivity contribution in [2.24, 2.45) is 0 Å². The van der Waals surface area contributed by atoms with E-state index in [1.54, 1.807) is 0 Å². The van der Waals surface area contributed by atoms with Crippen LogP contribution >= 0.6 is 0 Å². The molecule has 450 valence electrons. The van der Waals surface area contributed by atoms with Gasteiger partial charge < -0.3 is 26.5 Å². The average molecular weight is 1230 g/mol. The normalized spacial score (nSPS) is 13.0. The summed E-state index contributed by atoms with van der Waals surface area (Å²) >= 11 is 0. The predicted octanol–water partition coefficient (Wildman–Crippen LogP) is 25.7. The van der Waals surface area contributed by atoms with Gasteiger partial charge in [0.1, 0.15) is 22.3 Å². The highest BCUT2D eigenvalue weighted by atomic mass is 16.3. The van der Waals surface area contributed by atoms with Crippen LogP contribution in [-0.2, 0) is 6.42 Å². The third kappa shape index (κ3) is 7.09. The Balaban J connectivity index is 0.693. The van der Waals surface area contributed by atoms with Gasteiger partial charge in [-0.2, -0.15) is 0 Å². The maximum Gasteiger partial charge on any atom is 0.160 e. The van der Waals surface area contributed by atoms with Gasteiger partial charge in [-0.05, 0) is 164 Å². The molecule has 0 radical (unpaired) electrons. The van der Waals surface area contributed by atoms with E-state index in [0.717, 1.165) is 149 Å². The van der Waals surface area contributed by atoms with Crippen LogP contribution in [-0.4, -0.2) is 8.80 Å². The molecule has 0 aliphatic heterocycles. The molecule has 0 amide bonds. The first-order valence-electron chi connectivity index (χ1n) is 33.5. The van der Waals surface area contributed by atoms with E-state index in [0.29, 0.717) is 5.92 Å². The molecule has 1 atom stereocenters. The summed E-state index contributed by atoms with van der Waals surface area (Å²) in [5, 5.41) is 18.2. The zero-order valence-electron chi connectivity index (χ0n) is 52.7. The maximum atomic E-state index is 7.36. The monoisotopic (exact) mass is 1230 g/mol. The second-order valence-corrected chi connectivity index (χ2v) is 27.2. The molecule has 0 aliphatic rings. The number of para-hydroxylation sites is 3. The number of rotatable bonds is 8. The number of benzene rings is 14. The molecule has 0 N–H and O–H groups in total. The molecule has 0 saturated heterocycles. The number of fused-ring (bicyclic) bond motifs is 28. The summed E-state index contributed by atoms with van der Waals surface area (Å²) in [5.74, 6) is 0.507. The summed E-state index contributed by atoms with van der Waals surface area (Å²) in [6.07, 6.45) is 0.814. The van der Waals surface area contributed by atoms with Gasteiger partial charge in [0.2, 0.25) is 0 Å². The largest absolute Gasteiger partial charge is 0.454 e. The lowest BCUT2D eigenvalue weighted by atomic mass is 9.85. The van der Waals surface area contributed by atoms with Crippen LogP contribution in [0.25, 0.3) is 208 Å². The van der Waals surface area contributed by atoms with Crippen LogP contribution in [0.15, 0.2) is 279 Å². The molecule has 0 spiro atoms. The lowest BCUT2D eigenvalue weighted by Gasteiger charge is -2.19. The average Bonchev–Trinajstić information content (AvgIpc) is 1.52. The first kappa shape index (κ1) is 52.4. The van der Waals surface area contributed by atoms with Crippen LogP contribution in [0.1, 0.15) is 49.3 Å². The number of aromatic nitrogens is 2. The van der Waals surface area contributed by atoms with E-state index in [9.17, 15) is 0 Å². The molecule has 22 rings (SSSR count). The van der Waals surface area contributed by atoms with Crippen molar-refractivity contribution in [1.82, 2.24) is 8.80 Å². The lowest BCUT2D eigenvalue weighted by molar-refractivity contribution is 0.668. The third-order valence-corrected chi connectivity index (χ3v) is 21.6. The summed E-state index contributed by atoms with van der Waals surface area (Å²) < 4.78 is 33.0. The second kappa shape index (κ2) is 19.0. The predicted molar refractivity (Wildman–Crippen MR) is 399 cm³/mol. The van der Waals surface area contributed by atoms with Crippen molar-refractivity contribution in [2.45, 2.75) is 39.0 Å². The molecular weight excluding hydrogens is 1170 g/mol. The molecule has 0 bridgehead atoms. The Morgan fingerprint density at radius 3 is 1.10 bits per heavy atom. The van der Waals surface area contributed by atoms with Gasteiger partial charge in [-0.25, -0.2) is 0 Å². The zero-order valence-corrected chi connectivity index (χ0v) is 52.7. The molecule has 14 aromatic carbocycles. The van der Waals surface area contributed by atoms with Crippen molar-refractivity contribution in [3.63, 3.8) is 0 Å². The molecule has 8 aromatic heterocycles. The van der Waals surface area contributed by atoms with Crippen LogP contribution in [0.2, 0.25) is 0 Å². The first-order chi connectivity index (χ1) is 47.3. The highest BCUT2D eigenvalue weighted by Crippen LogP contribution is 2.51. The summed E-state index contributed by atoms with van der Waals surface area (Å²) in [5.41, 5.74) is 27.0. The van der Waals surface area contributed by atoms with E-state index in [1.807, 2.05) is 0 Å². The van der Waals surface area contributed by atoms with Crippen LogP contribution in [0, 0.1) is 0 Å². The van der Waals surface area contributed by atoms with Gasteiger partial charge in [-0.15, -0.1) is 0 Å². The minimum atomic E-state index is 0.155. The maximum absolute atomic E-state index is 7.36. The molecule has 1 unspecified atom stereocenters. The van der Waals surface area contributed by atoms with E-state index >= 15 is 0 Å². The Hall–Kier alpha value is -12.1. The zero-order chi connectivity index (χ0) is 62.9. The van der Waals surface area contributed by atoms with Crippen LogP contribution in [0.5, 0.6) is 0 Å². The van der Waals surface area contributed by atoms with E-state index in [1.165, 1.54) is 82.6 Å². The molecular formula is C90H56N2O4. The molecule has 96 heavy (non-hydrogen) atoms. The van der Waals surface area contributed by atoms with Crippen molar-refractivity contribution < 1.29 is 17.7 Å².